The van der Waals surface area contributed by atoms with Crippen molar-refractivity contribution in [2.75, 3.05) is 16.7 Å². The first-order valence-electron chi connectivity index (χ1n) is 9.87. The number of Topliss-reactive ketones (excluding diaryl/α,β-unsaturated/α-hetero) is 1. The number of anilines is 1. The number of carbonyl (C=O) groups is 1. The van der Waals surface area contributed by atoms with Gasteiger partial charge < -0.3 is 0 Å². The molecule has 0 aliphatic heterocycles. The third kappa shape index (κ3) is 4.84. The molecule has 2 aromatic heterocycles. The lowest BCUT2D eigenvalue weighted by atomic mass is 10.1. The lowest BCUT2D eigenvalue weighted by Crippen LogP contribution is -2.10. The van der Waals surface area contributed by atoms with Crippen molar-refractivity contribution in [2.24, 2.45) is 0 Å². The number of fused-ring (bicyclic) bond motifs is 1. The average molecular weight is 467 g/mol. The molecule has 0 radical (unpaired) electrons. The molecular weight excluding hydrogens is 444 g/mol. The smallest absolute Gasteiger partial charge is 0.229 e. The van der Waals surface area contributed by atoms with Crippen LogP contribution in [0.4, 0.5) is 5.69 Å². The maximum absolute atomic E-state index is 12.7. The second kappa shape index (κ2) is 8.76. The van der Waals surface area contributed by atoms with Crippen molar-refractivity contribution in [1.29, 1.82) is 0 Å². The van der Waals surface area contributed by atoms with Crippen molar-refractivity contribution in [3.8, 4) is 11.3 Å². The number of aryl methyl sites for hydroxylation is 2. The Morgan fingerprint density at radius 3 is 2.41 bits per heavy atom. The minimum absolute atomic E-state index is 0.0803. The van der Waals surface area contributed by atoms with Gasteiger partial charge in [0.1, 0.15) is 0 Å². The zero-order valence-corrected chi connectivity index (χ0v) is 19.5. The normalized spacial score (nSPS) is 11.6. The van der Waals surface area contributed by atoms with Crippen LogP contribution >= 0.6 is 11.8 Å². The van der Waals surface area contributed by atoms with Crippen molar-refractivity contribution in [3.63, 3.8) is 0 Å². The SMILES string of the molecule is Cc1cc(C)c2c(-c3ccccc3)nc(SCC(=O)c3ccc(NS(C)(=O)=O)cc3)n2n1. The molecule has 0 aliphatic rings. The third-order valence-corrected chi connectivity index (χ3v) is 6.31. The number of rotatable bonds is 7. The van der Waals surface area contributed by atoms with Crippen molar-refractivity contribution < 1.29 is 13.2 Å². The van der Waals surface area contributed by atoms with E-state index in [2.05, 4.69) is 9.82 Å². The molecule has 0 amide bonds. The Bertz CT molecular complexity index is 1400. The first-order valence-corrected chi connectivity index (χ1v) is 12.8. The van der Waals surface area contributed by atoms with Crippen LogP contribution in [0.1, 0.15) is 21.6 Å². The fourth-order valence-electron chi connectivity index (χ4n) is 3.45. The molecule has 9 heteroatoms. The van der Waals surface area contributed by atoms with Crippen LogP contribution in [0.5, 0.6) is 0 Å². The summed E-state index contributed by atoms with van der Waals surface area (Å²) < 4.78 is 26.9. The maximum atomic E-state index is 12.7. The quantitative estimate of drug-likeness (QED) is 0.321. The topological polar surface area (TPSA) is 93.4 Å². The molecule has 2 heterocycles. The average Bonchev–Trinajstić information content (AvgIpc) is 3.11. The predicted octanol–water partition coefficient (Wildman–Crippen LogP) is 4.36. The summed E-state index contributed by atoms with van der Waals surface area (Å²) in [6.45, 7) is 3.96. The van der Waals surface area contributed by atoms with E-state index in [1.54, 1.807) is 24.3 Å². The molecule has 0 unspecified atom stereocenters. The Morgan fingerprint density at radius 1 is 1.06 bits per heavy atom. The standard InChI is InChI=1S/C23H22N4O3S2/c1-15-13-16(2)25-27-22(15)21(18-7-5-4-6-8-18)24-23(27)31-14-20(28)17-9-11-19(12-10-17)26-32(3,29)30/h4-13,26H,14H2,1-3H3. The highest BCUT2D eigenvalue weighted by Gasteiger charge is 2.18. The van der Waals surface area contributed by atoms with Gasteiger partial charge >= 0.3 is 0 Å². The molecule has 4 rings (SSSR count). The zero-order chi connectivity index (χ0) is 22.9. The van der Waals surface area contributed by atoms with Crippen LogP contribution in [0.25, 0.3) is 16.8 Å². The van der Waals surface area contributed by atoms with Gasteiger partial charge in [0.2, 0.25) is 10.0 Å². The number of aromatic nitrogens is 3. The summed E-state index contributed by atoms with van der Waals surface area (Å²) in [4.78, 5) is 17.6. The molecule has 0 fully saturated rings. The van der Waals surface area contributed by atoms with E-state index < -0.39 is 10.0 Å². The number of hydrogen-bond donors (Lipinski definition) is 1. The first kappa shape index (κ1) is 22.0. The van der Waals surface area contributed by atoms with Gasteiger partial charge in [-0.25, -0.2) is 17.9 Å². The van der Waals surface area contributed by atoms with Crippen LogP contribution in [0.3, 0.4) is 0 Å². The number of imidazole rings is 1. The van der Waals surface area contributed by atoms with Gasteiger partial charge in [-0.1, -0.05) is 42.1 Å². The van der Waals surface area contributed by atoms with Crippen LogP contribution < -0.4 is 4.72 Å². The summed E-state index contributed by atoms with van der Waals surface area (Å²) in [5.74, 6) is 0.101. The molecule has 164 valence electrons. The van der Waals surface area contributed by atoms with Gasteiger partial charge in [0.05, 0.1) is 28.9 Å². The van der Waals surface area contributed by atoms with Crippen LogP contribution in [-0.2, 0) is 10.0 Å². The molecule has 2 aromatic carbocycles. The first-order chi connectivity index (χ1) is 15.2. The Kier molecular flexibility index (Phi) is 6.03. The van der Waals surface area contributed by atoms with Crippen molar-refractivity contribution in [2.45, 2.75) is 19.0 Å². The Hall–Kier alpha value is -3.17. The molecule has 0 saturated carbocycles. The fourth-order valence-corrected chi connectivity index (χ4v) is 4.85. The minimum Gasteiger partial charge on any atom is -0.293 e. The van der Waals surface area contributed by atoms with Gasteiger partial charge in [-0.3, -0.25) is 9.52 Å². The summed E-state index contributed by atoms with van der Waals surface area (Å²) in [6.07, 6.45) is 1.08. The summed E-state index contributed by atoms with van der Waals surface area (Å²) >= 11 is 1.33. The molecule has 1 N–H and O–H groups in total. The molecule has 0 atom stereocenters. The monoisotopic (exact) mass is 466 g/mol. The minimum atomic E-state index is -3.36. The molecule has 0 bridgehead atoms. The number of carbonyl (C=O) groups excluding carboxylic acids is 1. The van der Waals surface area contributed by atoms with E-state index in [0.29, 0.717) is 16.4 Å². The Labute approximate surface area is 190 Å². The van der Waals surface area contributed by atoms with Crippen LogP contribution in [0, 0.1) is 13.8 Å². The molecular formula is C23H22N4O3S2. The largest absolute Gasteiger partial charge is 0.293 e. The summed E-state index contributed by atoms with van der Waals surface area (Å²) in [7, 11) is -3.36. The molecule has 4 aromatic rings. The van der Waals surface area contributed by atoms with E-state index in [4.69, 9.17) is 4.98 Å². The van der Waals surface area contributed by atoms with Gasteiger partial charge in [0.15, 0.2) is 10.9 Å². The third-order valence-electron chi connectivity index (χ3n) is 4.77. The number of ketones is 1. The number of nitrogens with one attached hydrogen (secondary N) is 1. The van der Waals surface area contributed by atoms with Gasteiger partial charge in [-0.2, -0.15) is 5.10 Å². The zero-order valence-electron chi connectivity index (χ0n) is 17.9. The van der Waals surface area contributed by atoms with Gasteiger partial charge in [-0.05, 0) is 49.7 Å². The van der Waals surface area contributed by atoms with Gasteiger partial charge in [0, 0.05) is 16.8 Å². The van der Waals surface area contributed by atoms with E-state index in [1.165, 1.54) is 11.8 Å². The lowest BCUT2D eigenvalue weighted by molar-refractivity contribution is 0.102. The number of nitrogens with zero attached hydrogens (tertiary/aromatic N) is 3. The lowest BCUT2D eigenvalue weighted by Gasteiger charge is -2.06. The van der Waals surface area contributed by atoms with Crippen molar-refractivity contribution >= 4 is 38.8 Å². The highest BCUT2D eigenvalue weighted by atomic mass is 32.2. The van der Waals surface area contributed by atoms with E-state index in [9.17, 15) is 13.2 Å². The Morgan fingerprint density at radius 2 is 1.75 bits per heavy atom. The highest BCUT2D eigenvalue weighted by molar-refractivity contribution is 7.99. The van der Waals surface area contributed by atoms with Gasteiger partial charge in [0.25, 0.3) is 0 Å². The van der Waals surface area contributed by atoms with Gasteiger partial charge in [-0.15, -0.1) is 0 Å². The van der Waals surface area contributed by atoms with Crippen LogP contribution in [0.2, 0.25) is 0 Å². The number of hydrogen-bond acceptors (Lipinski definition) is 6. The molecule has 7 nitrogen and oxygen atoms in total. The second-order valence-electron chi connectivity index (χ2n) is 7.50. The molecule has 0 saturated heterocycles. The maximum Gasteiger partial charge on any atom is 0.229 e. The summed E-state index contributed by atoms with van der Waals surface area (Å²) in [6, 6.07) is 18.3. The van der Waals surface area contributed by atoms with E-state index in [1.807, 2.05) is 54.8 Å². The fraction of sp³-hybridized carbons (Fsp3) is 0.174. The summed E-state index contributed by atoms with van der Waals surface area (Å²) in [5, 5.41) is 5.28. The Balaban J connectivity index is 1.60. The second-order valence-corrected chi connectivity index (χ2v) is 10.2. The molecule has 0 aliphatic carbocycles. The predicted molar refractivity (Wildman–Crippen MR) is 128 cm³/mol. The number of benzene rings is 2. The number of sulfonamides is 1. The number of thioether (sulfide) groups is 1. The highest BCUT2D eigenvalue weighted by Crippen LogP contribution is 2.31. The van der Waals surface area contributed by atoms with Crippen molar-refractivity contribution in [1.82, 2.24) is 14.6 Å². The van der Waals surface area contributed by atoms with Crippen molar-refractivity contribution in [3.05, 3.63) is 77.5 Å². The van der Waals surface area contributed by atoms with Crippen LogP contribution in [0.15, 0.2) is 65.8 Å². The van der Waals surface area contributed by atoms with E-state index in [-0.39, 0.29) is 11.5 Å². The van der Waals surface area contributed by atoms with E-state index >= 15 is 0 Å². The van der Waals surface area contributed by atoms with E-state index in [0.717, 1.165) is 34.3 Å². The van der Waals surface area contributed by atoms with Crippen LogP contribution in [-0.4, -0.2) is 40.8 Å². The molecule has 32 heavy (non-hydrogen) atoms. The summed E-state index contributed by atoms with van der Waals surface area (Å²) in [5.41, 5.74) is 5.60. The molecule has 0 spiro atoms.